The molecule has 1 aliphatic carbocycles. The Labute approximate surface area is 142 Å². The van der Waals surface area contributed by atoms with Gasteiger partial charge < -0.3 is 10.1 Å². The fraction of sp³-hybridized carbons (Fsp3) is 0.474. The highest BCUT2D eigenvalue weighted by atomic mass is 16.5. The standard InChI is InChI=1S/C19H24N2O3/c1-24-16-9-7-15(8-10-16)21-18(22)13-17(19(21)23)20-12-11-14-5-3-2-4-6-14/h5,7-10,17,20H,2-4,6,11-13H2,1H3/t17-/m1/s1. The van der Waals surface area contributed by atoms with Gasteiger partial charge in [-0.1, -0.05) is 11.6 Å². The summed E-state index contributed by atoms with van der Waals surface area (Å²) in [5, 5.41) is 3.25. The molecule has 1 aromatic rings. The Balaban J connectivity index is 1.57. The molecule has 1 aliphatic heterocycles. The smallest absolute Gasteiger partial charge is 0.251 e. The van der Waals surface area contributed by atoms with Crippen LogP contribution in [0.2, 0.25) is 0 Å². The minimum atomic E-state index is -0.413. The first-order chi connectivity index (χ1) is 11.7. The van der Waals surface area contributed by atoms with Gasteiger partial charge >= 0.3 is 0 Å². The summed E-state index contributed by atoms with van der Waals surface area (Å²) in [6.07, 6.45) is 8.38. The highest BCUT2D eigenvalue weighted by Gasteiger charge is 2.39. The van der Waals surface area contributed by atoms with Crippen LogP contribution in [0.1, 0.15) is 38.5 Å². The lowest BCUT2D eigenvalue weighted by molar-refractivity contribution is -0.121. The second-order valence-electron chi connectivity index (χ2n) is 6.33. The summed E-state index contributed by atoms with van der Waals surface area (Å²) in [6.45, 7) is 0.742. The molecule has 0 bridgehead atoms. The van der Waals surface area contributed by atoms with E-state index in [-0.39, 0.29) is 18.2 Å². The summed E-state index contributed by atoms with van der Waals surface area (Å²) in [4.78, 5) is 26.1. The number of nitrogens with one attached hydrogen (secondary N) is 1. The molecule has 2 aliphatic rings. The van der Waals surface area contributed by atoms with Crippen molar-refractivity contribution in [2.24, 2.45) is 0 Å². The first kappa shape index (κ1) is 16.7. The Morgan fingerprint density at radius 2 is 2.00 bits per heavy atom. The number of carbonyl (C=O) groups excluding carboxylic acids is 2. The van der Waals surface area contributed by atoms with E-state index in [1.807, 2.05) is 0 Å². The van der Waals surface area contributed by atoms with Gasteiger partial charge in [-0.05, 0) is 62.9 Å². The van der Waals surface area contributed by atoms with Crippen LogP contribution in [0.25, 0.3) is 0 Å². The van der Waals surface area contributed by atoms with Gasteiger partial charge in [0.1, 0.15) is 5.75 Å². The van der Waals surface area contributed by atoms with Crippen molar-refractivity contribution in [1.82, 2.24) is 5.32 Å². The van der Waals surface area contributed by atoms with Crippen LogP contribution in [0.15, 0.2) is 35.9 Å². The predicted molar refractivity (Wildman–Crippen MR) is 93.1 cm³/mol. The van der Waals surface area contributed by atoms with Gasteiger partial charge in [0.15, 0.2) is 0 Å². The van der Waals surface area contributed by atoms with Crippen LogP contribution in [0, 0.1) is 0 Å². The van der Waals surface area contributed by atoms with Crippen molar-refractivity contribution in [3.8, 4) is 5.75 Å². The number of allylic oxidation sites excluding steroid dienone is 1. The largest absolute Gasteiger partial charge is 0.497 e. The molecule has 2 amide bonds. The number of rotatable bonds is 6. The summed E-state index contributed by atoms with van der Waals surface area (Å²) >= 11 is 0. The predicted octanol–water partition coefficient (Wildman–Crippen LogP) is 2.81. The number of methoxy groups -OCH3 is 1. The second-order valence-corrected chi connectivity index (χ2v) is 6.33. The van der Waals surface area contributed by atoms with Gasteiger partial charge in [0, 0.05) is 0 Å². The molecule has 5 nitrogen and oxygen atoms in total. The van der Waals surface area contributed by atoms with Gasteiger partial charge in [-0.3, -0.25) is 9.59 Å². The molecule has 0 aromatic heterocycles. The Kier molecular flexibility index (Phi) is 5.30. The maximum Gasteiger partial charge on any atom is 0.251 e. The normalized spacial score (nSPS) is 21.1. The lowest BCUT2D eigenvalue weighted by atomic mass is 9.97. The topological polar surface area (TPSA) is 58.6 Å². The zero-order chi connectivity index (χ0) is 16.9. The highest BCUT2D eigenvalue weighted by molar-refractivity contribution is 6.22. The van der Waals surface area contributed by atoms with Crippen molar-refractivity contribution < 1.29 is 14.3 Å². The van der Waals surface area contributed by atoms with Gasteiger partial charge in [-0.15, -0.1) is 0 Å². The van der Waals surface area contributed by atoms with Gasteiger partial charge in [0.25, 0.3) is 5.91 Å². The summed E-state index contributed by atoms with van der Waals surface area (Å²) in [6, 6.07) is 6.58. The van der Waals surface area contributed by atoms with Gasteiger partial charge in [-0.2, -0.15) is 0 Å². The molecule has 1 fully saturated rings. The fourth-order valence-electron chi connectivity index (χ4n) is 3.33. The lowest BCUT2D eigenvalue weighted by Crippen LogP contribution is -2.39. The molecule has 5 heteroatoms. The number of imide groups is 1. The first-order valence-corrected chi connectivity index (χ1v) is 8.61. The number of nitrogens with zero attached hydrogens (tertiary/aromatic N) is 1. The van der Waals surface area contributed by atoms with E-state index in [0.717, 1.165) is 19.4 Å². The maximum atomic E-state index is 12.5. The molecule has 24 heavy (non-hydrogen) atoms. The molecule has 3 rings (SSSR count). The number of carbonyl (C=O) groups is 2. The van der Waals surface area contributed by atoms with Crippen molar-refractivity contribution in [2.75, 3.05) is 18.6 Å². The van der Waals surface area contributed by atoms with Crippen LogP contribution in [0.4, 0.5) is 5.69 Å². The van der Waals surface area contributed by atoms with E-state index < -0.39 is 6.04 Å². The molecule has 1 atom stereocenters. The Morgan fingerprint density at radius 3 is 2.67 bits per heavy atom. The van der Waals surface area contributed by atoms with E-state index in [1.54, 1.807) is 31.4 Å². The summed E-state index contributed by atoms with van der Waals surface area (Å²) in [5.74, 6) is 0.385. The zero-order valence-electron chi connectivity index (χ0n) is 14.1. The highest BCUT2D eigenvalue weighted by Crippen LogP contribution is 2.25. The third kappa shape index (κ3) is 3.67. The number of hydrogen-bond acceptors (Lipinski definition) is 4. The van der Waals surface area contributed by atoms with Crippen LogP contribution < -0.4 is 15.0 Å². The molecule has 1 saturated heterocycles. The SMILES string of the molecule is COc1ccc(N2C(=O)C[C@@H](NCCC3=CCCCC3)C2=O)cc1. The minimum absolute atomic E-state index is 0.153. The Bertz CT molecular complexity index is 637. The fourth-order valence-corrected chi connectivity index (χ4v) is 3.33. The molecule has 0 unspecified atom stereocenters. The number of ether oxygens (including phenoxy) is 1. The van der Waals surface area contributed by atoms with Gasteiger partial charge in [0.2, 0.25) is 5.91 Å². The zero-order valence-corrected chi connectivity index (χ0v) is 14.1. The van der Waals surface area contributed by atoms with E-state index in [1.165, 1.54) is 29.7 Å². The van der Waals surface area contributed by atoms with Crippen LogP contribution in [-0.2, 0) is 9.59 Å². The molecule has 0 saturated carbocycles. The van der Waals surface area contributed by atoms with Crippen LogP contribution in [0.5, 0.6) is 5.75 Å². The molecule has 0 radical (unpaired) electrons. The monoisotopic (exact) mass is 328 g/mol. The molecule has 0 spiro atoms. The van der Waals surface area contributed by atoms with E-state index in [9.17, 15) is 9.59 Å². The summed E-state index contributed by atoms with van der Waals surface area (Å²) in [5.41, 5.74) is 2.07. The van der Waals surface area contributed by atoms with Gasteiger partial charge in [0.05, 0.1) is 25.3 Å². The van der Waals surface area contributed by atoms with Crippen molar-refractivity contribution in [3.63, 3.8) is 0 Å². The quantitative estimate of drug-likeness (QED) is 0.644. The molecular weight excluding hydrogens is 304 g/mol. The van der Waals surface area contributed by atoms with Crippen LogP contribution in [-0.4, -0.2) is 31.5 Å². The van der Waals surface area contributed by atoms with Crippen molar-refractivity contribution in [3.05, 3.63) is 35.9 Å². The van der Waals surface area contributed by atoms with Crippen molar-refractivity contribution in [1.29, 1.82) is 0 Å². The Hall–Kier alpha value is -2.14. The number of benzene rings is 1. The first-order valence-electron chi connectivity index (χ1n) is 8.61. The van der Waals surface area contributed by atoms with E-state index >= 15 is 0 Å². The molecule has 1 heterocycles. The summed E-state index contributed by atoms with van der Waals surface area (Å²) < 4.78 is 5.11. The molecular formula is C19H24N2O3. The molecule has 128 valence electrons. The average molecular weight is 328 g/mol. The second kappa shape index (κ2) is 7.62. The van der Waals surface area contributed by atoms with E-state index in [4.69, 9.17) is 4.74 Å². The molecule has 1 N–H and O–H groups in total. The van der Waals surface area contributed by atoms with Crippen molar-refractivity contribution >= 4 is 17.5 Å². The number of anilines is 1. The molecule has 1 aromatic carbocycles. The van der Waals surface area contributed by atoms with Crippen LogP contribution >= 0.6 is 0 Å². The number of hydrogen-bond donors (Lipinski definition) is 1. The van der Waals surface area contributed by atoms with E-state index in [2.05, 4.69) is 11.4 Å². The average Bonchev–Trinajstić information content (AvgIpc) is 2.90. The third-order valence-corrected chi connectivity index (χ3v) is 4.70. The van der Waals surface area contributed by atoms with Gasteiger partial charge in [-0.25, -0.2) is 4.90 Å². The Morgan fingerprint density at radius 1 is 1.21 bits per heavy atom. The van der Waals surface area contributed by atoms with Crippen molar-refractivity contribution in [2.45, 2.75) is 44.6 Å². The van der Waals surface area contributed by atoms with Crippen LogP contribution in [0.3, 0.4) is 0 Å². The summed E-state index contributed by atoms with van der Waals surface area (Å²) in [7, 11) is 1.59. The number of amides is 2. The maximum absolute atomic E-state index is 12.5. The van der Waals surface area contributed by atoms with E-state index in [0.29, 0.717) is 11.4 Å². The lowest BCUT2D eigenvalue weighted by Gasteiger charge is -2.17. The minimum Gasteiger partial charge on any atom is -0.497 e. The third-order valence-electron chi connectivity index (χ3n) is 4.70.